The molecule has 0 spiro atoms. The molecule has 6 heterocycles. The van der Waals surface area contributed by atoms with Gasteiger partial charge >= 0.3 is 0 Å². The number of nitrogens with one attached hydrogen (secondary N) is 2. The highest BCUT2D eigenvalue weighted by Gasteiger charge is 2.34. The summed E-state index contributed by atoms with van der Waals surface area (Å²) in [4.78, 5) is 40.6. The Hall–Kier alpha value is -4.54. The van der Waals surface area contributed by atoms with Crippen LogP contribution in [-0.2, 0) is 33.8 Å². The van der Waals surface area contributed by atoms with E-state index in [0.717, 1.165) is 28.1 Å². The Labute approximate surface area is 250 Å². The quantitative estimate of drug-likeness (QED) is 0.474. The van der Waals surface area contributed by atoms with Gasteiger partial charge in [0.1, 0.15) is 17.6 Å². The smallest absolute Gasteiger partial charge is 0.258 e. The molecule has 228 valence electrons. The second-order valence-corrected chi connectivity index (χ2v) is 11.0. The number of amides is 3. The number of piperidine rings is 1. The lowest BCUT2D eigenvalue weighted by atomic mass is 10.00. The average Bonchev–Trinajstić information content (AvgIpc) is 3.34. The fraction of sp³-hybridized carbons (Fsp3) is 0.438. The number of likely N-dealkylation sites (tertiary alicyclic amines) is 1. The number of ether oxygens (including phenoxy) is 3. The van der Waals surface area contributed by atoms with E-state index in [2.05, 4.69) is 15.8 Å². The normalized spacial score (nSPS) is 19.5. The highest BCUT2D eigenvalue weighted by atomic mass is 16.5. The first-order chi connectivity index (χ1) is 20.8. The molecule has 5 aliphatic rings. The molecule has 1 fully saturated rings. The van der Waals surface area contributed by atoms with Crippen molar-refractivity contribution < 1.29 is 33.1 Å². The minimum absolute atomic E-state index is 0.00776. The standard InChI is InChI=1S/C32H38N4O7/c1-20-25(21(2)43-35-20)10-13-32(39)36-15-14-27-26(18-36)34-31(38)19-41-28-11-6-22(16-29(28)40-3)7-12-30(37)33-17-23-4-8-24(42-27)9-5-23/h4-6,8-9,11,16,26-27H,7,10,12-15,17-19H2,1-3H3,(H,33,37)(H,34,38)/t26-,27-/m1/s1. The zero-order valence-electron chi connectivity index (χ0n) is 24.8. The summed E-state index contributed by atoms with van der Waals surface area (Å²) < 4.78 is 22.9. The fourth-order valence-corrected chi connectivity index (χ4v) is 5.47. The predicted molar refractivity (Wildman–Crippen MR) is 157 cm³/mol. The average molecular weight is 591 g/mol. The van der Waals surface area contributed by atoms with Gasteiger partial charge in [0.15, 0.2) is 18.1 Å². The summed E-state index contributed by atoms with van der Waals surface area (Å²) in [6.45, 7) is 4.69. The van der Waals surface area contributed by atoms with Crippen LogP contribution in [0.2, 0.25) is 0 Å². The van der Waals surface area contributed by atoms with E-state index >= 15 is 0 Å². The second-order valence-electron chi connectivity index (χ2n) is 11.0. The third-order valence-electron chi connectivity index (χ3n) is 7.95. The van der Waals surface area contributed by atoms with Crippen LogP contribution in [0.4, 0.5) is 0 Å². The monoisotopic (exact) mass is 590 g/mol. The molecular formula is C32H38N4O7. The van der Waals surface area contributed by atoms with E-state index in [-0.39, 0.29) is 30.4 Å². The van der Waals surface area contributed by atoms with E-state index in [1.807, 2.05) is 50.2 Å². The molecule has 5 aliphatic heterocycles. The van der Waals surface area contributed by atoms with Gasteiger partial charge in [0.25, 0.3) is 5.91 Å². The Bertz CT molecular complexity index is 1430. The Balaban J connectivity index is 1.32. The van der Waals surface area contributed by atoms with Crippen molar-refractivity contribution in [2.45, 2.75) is 64.6 Å². The van der Waals surface area contributed by atoms with Crippen molar-refractivity contribution in [3.8, 4) is 17.2 Å². The lowest BCUT2D eigenvalue weighted by Gasteiger charge is -2.39. The maximum atomic E-state index is 13.2. The van der Waals surface area contributed by atoms with Crippen molar-refractivity contribution in [1.29, 1.82) is 0 Å². The number of methoxy groups -OCH3 is 1. The van der Waals surface area contributed by atoms with Gasteiger partial charge in [-0.05, 0) is 62.1 Å². The Morgan fingerprint density at radius 3 is 2.60 bits per heavy atom. The molecule has 8 rings (SSSR count). The molecule has 1 aromatic heterocycles. The van der Waals surface area contributed by atoms with Gasteiger partial charge in [0.05, 0.1) is 18.8 Å². The molecule has 0 aliphatic carbocycles. The summed E-state index contributed by atoms with van der Waals surface area (Å²) in [5, 5.41) is 9.98. The molecule has 43 heavy (non-hydrogen) atoms. The Morgan fingerprint density at radius 2 is 1.86 bits per heavy atom. The topological polar surface area (TPSA) is 132 Å². The number of hydrogen-bond donors (Lipinski definition) is 2. The lowest BCUT2D eigenvalue weighted by molar-refractivity contribution is -0.135. The van der Waals surface area contributed by atoms with Gasteiger partial charge in [0, 0.05) is 44.5 Å². The molecule has 2 aromatic carbocycles. The second kappa shape index (κ2) is 13.6. The zero-order chi connectivity index (χ0) is 30.3. The van der Waals surface area contributed by atoms with E-state index < -0.39 is 6.04 Å². The van der Waals surface area contributed by atoms with Gasteiger partial charge in [-0.1, -0.05) is 23.4 Å². The van der Waals surface area contributed by atoms with Crippen molar-refractivity contribution in [3.63, 3.8) is 0 Å². The van der Waals surface area contributed by atoms with Crippen molar-refractivity contribution >= 4 is 17.7 Å². The van der Waals surface area contributed by atoms with Crippen LogP contribution < -0.4 is 24.8 Å². The van der Waals surface area contributed by atoms with Gasteiger partial charge < -0.3 is 34.3 Å². The third kappa shape index (κ3) is 7.65. The molecule has 0 saturated carbocycles. The first-order valence-corrected chi connectivity index (χ1v) is 14.6. The molecular weight excluding hydrogens is 552 g/mol. The van der Waals surface area contributed by atoms with Gasteiger partial charge in [-0.3, -0.25) is 14.4 Å². The van der Waals surface area contributed by atoms with Crippen LogP contribution in [0.15, 0.2) is 47.0 Å². The van der Waals surface area contributed by atoms with Crippen LogP contribution in [-0.4, -0.2) is 66.7 Å². The summed E-state index contributed by atoms with van der Waals surface area (Å²) >= 11 is 0. The SMILES string of the molecule is COc1cc2ccc1OCC(=O)N[C@@H]1CN(C(=O)CCc3c(C)noc3C)CC[C@H]1Oc1ccc(cc1)CNC(=O)CC2. The highest BCUT2D eigenvalue weighted by molar-refractivity contribution is 5.79. The third-order valence-corrected chi connectivity index (χ3v) is 7.95. The van der Waals surface area contributed by atoms with Crippen LogP contribution >= 0.6 is 0 Å². The van der Waals surface area contributed by atoms with Crippen LogP contribution in [0.5, 0.6) is 17.2 Å². The summed E-state index contributed by atoms with van der Waals surface area (Å²) in [6.07, 6.45) is 1.89. The number of carbonyl (C=O) groups is 3. The maximum Gasteiger partial charge on any atom is 0.258 e. The van der Waals surface area contributed by atoms with Crippen molar-refractivity contribution in [1.82, 2.24) is 20.7 Å². The maximum absolute atomic E-state index is 13.2. The number of aromatic nitrogens is 1. The number of rotatable bonds is 4. The van der Waals surface area contributed by atoms with Gasteiger partial charge in [-0.2, -0.15) is 0 Å². The summed E-state index contributed by atoms with van der Waals surface area (Å²) in [6, 6.07) is 12.5. The van der Waals surface area contributed by atoms with E-state index in [9.17, 15) is 14.4 Å². The molecule has 0 unspecified atom stereocenters. The predicted octanol–water partition coefficient (Wildman–Crippen LogP) is 3.04. The van der Waals surface area contributed by atoms with Crippen LogP contribution in [0.25, 0.3) is 0 Å². The molecule has 1 saturated heterocycles. The molecule has 3 aromatic rings. The van der Waals surface area contributed by atoms with Gasteiger partial charge in [-0.15, -0.1) is 0 Å². The molecule has 2 atom stereocenters. The Kier molecular flexibility index (Phi) is 9.48. The summed E-state index contributed by atoms with van der Waals surface area (Å²) in [7, 11) is 1.53. The Morgan fingerprint density at radius 1 is 1.07 bits per heavy atom. The minimum atomic E-state index is -0.457. The van der Waals surface area contributed by atoms with E-state index in [1.54, 1.807) is 11.0 Å². The minimum Gasteiger partial charge on any atom is -0.493 e. The first-order valence-electron chi connectivity index (χ1n) is 14.6. The fourth-order valence-electron chi connectivity index (χ4n) is 5.47. The number of benzene rings is 2. The van der Waals surface area contributed by atoms with Crippen molar-refractivity contribution in [3.05, 3.63) is 70.6 Å². The zero-order valence-corrected chi connectivity index (χ0v) is 24.8. The summed E-state index contributed by atoms with van der Waals surface area (Å²) in [5.41, 5.74) is 3.61. The largest absolute Gasteiger partial charge is 0.493 e. The van der Waals surface area contributed by atoms with E-state index in [0.29, 0.717) is 69.0 Å². The molecule has 11 nitrogen and oxygen atoms in total. The van der Waals surface area contributed by atoms with Crippen molar-refractivity contribution in [2.75, 3.05) is 26.8 Å². The molecule has 2 N–H and O–H groups in total. The highest BCUT2D eigenvalue weighted by Crippen LogP contribution is 2.29. The van der Waals surface area contributed by atoms with Crippen LogP contribution in [0.3, 0.4) is 0 Å². The van der Waals surface area contributed by atoms with Crippen LogP contribution in [0.1, 0.15) is 47.4 Å². The molecule has 3 amide bonds. The summed E-state index contributed by atoms with van der Waals surface area (Å²) in [5.74, 6) is 1.87. The molecule has 11 heteroatoms. The van der Waals surface area contributed by atoms with Crippen molar-refractivity contribution in [2.24, 2.45) is 0 Å². The molecule has 0 radical (unpaired) electrons. The number of carbonyl (C=O) groups excluding carboxylic acids is 3. The first kappa shape index (κ1) is 29.9. The number of nitrogens with zero attached hydrogens (tertiary/aromatic N) is 2. The lowest BCUT2D eigenvalue weighted by Crippen LogP contribution is -2.58. The van der Waals surface area contributed by atoms with Gasteiger partial charge in [0.2, 0.25) is 11.8 Å². The van der Waals surface area contributed by atoms with E-state index in [4.69, 9.17) is 18.7 Å². The molecule has 4 bridgehead atoms. The van der Waals surface area contributed by atoms with Crippen LogP contribution in [0, 0.1) is 13.8 Å². The van der Waals surface area contributed by atoms with Gasteiger partial charge in [-0.25, -0.2) is 0 Å². The number of aryl methyl sites for hydroxylation is 3. The number of hydrogen-bond acceptors (Lipinski definition) is 8. The van der Waals surface area contributed by atoms with E-state index in [1.165, 1.54) is 7.11 Å².